The first-order chi connectivity index (χ1) is 8.61. The molecule has 0 spiro atoms. The molecule has 1 aromatic carbocycles. The van der Waals surface area contributed by atoms with E-state index in [0.29, 0.717) is 23.7 Å². The molecule has 3 N–H and O–H groups in total. The largest absolute Gasteiger partial charge is 0.397 e. The molecule has 1 amide bonds. The van der Waals surface area contributed by atoms with Gasteiger partial charge in [0.05, 0.1) is 11.4 Å². The lowest BCUT2D eigenvalue weighted by atomic mass is 10.1. The van der Waals surface area contributed by atoms with Gasteiger partial charge in [0.15, 0.2) is 0 Å². The van der Waals surface area contributed by atoms with Gasteiger partial charge in [0.2, 0.25) is 0 Å². The van der Waals surface area contributed by atoms with Gasteiger partial charge in [0.1, 0.15) is 0 Å². The summed E-state index contributed by atoms with van der Waals surface area (Å²) in [6, 6.07) is 5.57. The Balaban J connectivity index is 2.17. The Labute approximate surface area is 108 Å². The second-order valence-corrected chi connectivity index (χ2v) is 4.97. The number of amides is 1. The standard InChI is InChI=1S/C14H21N3O/c1-3-16-14(18)11-4-5-13(12(15)8-11)17-7-6-10(2)9-17/h4-5,8,10H,3,6-7,9,15H2,1-2H3,(H,16,18). The lowest BCUT2D eigenvalue weighted by molar-refractivity contribution is 0.0956. The zero-order valence-electron chi connectivity index (χ0n) is 11.1. The van der Waals surface area contributed by atoms with E-state index in [-0.39, 0.29) is 5.91 Å². The monoisotopic (exact) mass is 247 g/mol. The van der Waals surface area contributed by atoms with Gasteiger partial charge in [-0.25, -0.2) is 0 Å². The van der Waals surface area contributed by atoms with Crippen molar-refractivity contribution in [3.63, 3.8) is 0 Å². The lowest BCUT2D eigenvalue weighted by Gasteiger charge is -2.20. The van der Waals surface area contributed by atoms with Crippen LogP contribution in [0.15, 0.2) is 18.2 Å². The van der Waals surface area contributed by atoms with Gasteiger partial charge in [-0.1, -0.05) is 6.92 Å². The SMILES string of the molecule is CCNC(=O)c1ccc(N2CCC(C)C2)c(N)c1. The van der Waals surface area contributed by atoms with Crippen molar-refractivity contribution >= 4 is 17.3 Å². The zero-order valence-corrected chi connectivity index (χ0v) is 11.1. The van der Waals surface area contributed by atoms with Gasteiger partial charge < -0.3 is 16.0 Å². The van der Waals surface area contributed by atoms with Crippen molar-refractivity contribution in [3.05, 3.63) is 23.8 Å². The number of hydrogen-bond acceptors (Lipinski definition) is 3. The number of nitrogens with zero attached hydrogens (tertiary/aromatic N) is 1. The van der Waals surface area contributed by atoms with Gasteiger partial charge in [-0.3, -0.25) is 4.79 Å². The molecule has 0 bridgehead atoms. The molecule has 1 aromatic rings. The molecule has 0 saturated carbocycles. The quantitative estimate of drug-likeness (QED) is 0.802. The van der Waals surface area contributed by atoms with Crippen LogP contribution in [0.25, 0.3) is 0 Å². The maximum Gasteiger partial charge on any atom is 0.251 e. The molecule has 1 heterocycles. The van der Waals surface area contributed by atoms with Gasteiger partial charge in [0.25, 0.3) is 5.91 Å². The molecule has 1 unspecified atom stereocenters. The highest BCUT2D eigenvalue weighted by atomic mass is 16.1. The fourth-order valence-corrected chi connectivity index (χ4v) is 2.40. The predicted octanol–water partition coefficient (Wildman–Crippen LogP) is 1.86. The van der Waals surface area contributed by atoms with Gasteiger partial charge in [-0.15, -0.1) is 0 Å². The van der Waals surface area contributed by atoms with Crippen LogP contribution in [0.5, 0.6) is 0 Å². The summed E-state index contributed by atoms with van der Waals surface area (Å²) >= 11 is 0. The fraction of sp³-hybridized carbons (Fsp3) is 0.500. The van der Waals surface area contributed by atoms with E-state index in [0.717, 1.165) is 18.8 Å². The third-order valence-corrected chi connectivity index (χ3v) is 3.39. The van der Waals surface area contributed by atoms with Crippen LogP contribution in [0, 0.1) is 5.92 Å². The van der Waals surface area contributed by atoms with Crippen LogP contribution in [0.4, 0.5) is 11.4 Å². The summed E-state index contributed by atoms with van der Waals surface area (Å²) in [5.41, 5.74) is 8.43. The average molecular weight is 247 g/mol. The normalized spacial score (nSPS) is 19.0. The van der Waals surface area contributed by atoms with E-state index in [1.54, 1.807) is 6.07 Å². The second kappa shape index (κ2) is 5.29. The van der Waals surface area contributed by atoms with E-state index >= 15 is 0 Å². The van der Waals surface area contributed by atoms with Crippen molar-refractivity contribution in [3.8, 4) is 0 Å². The van der Waals surface area contributed by atoms with Gasteiger partial charge in [0, 0.05) is 25.2 Å². The Kier molecular flexibility index (Phi) is 3.75. The van der Waals surface area contributed by atoms with E-state index in [2.05, 4.69) is 17.1 Å². The Bertz CT molecular complexity index is 445. The highest BCUT2D eigenvalue weighted by Crippen LogP contribution is 2.29. The molecular formula is C14H21N3O. The number of nitrogens with one attached hydrogen (secondary N) is 1. The molecule has 1 aliphatic rings. The third kappa shape index (κ3) is 2.58. The van der Waals surface area contributed by atoms with Crippen LogP contribution in [0.3, 0.4) is 0 Å². The number of carbonyl (C=O) groups is 1. The average Bonchev–Trinajstić information content (AvgIpc) is 2.76. The highest BCUT2D eigenvalue weighted by molar-refractivity contribution is 5.96. The number of nitrogen functional groups attached to an aromatic ring is 1. The van der Waals surface area contributed by atoms with Crippen LogP contribution in [-0.2, 0) is 0 Å². The molecule has 1 aliphatic heterocycles. The maximum atomic E-state index is 11.7. The fourth-order valence-electron chi connectivity index (χ4n) is 2.40. The number of benzene rings is 1. The number of nitrogens with two attached hydrogens (primary N) is 1. The number of carbonyl (C=O) groups excluding carboxylic acids is 1. The summed E-state index contributed by atoms with van der Waals surface area (Å²) in [5.74, 6) is 0.651. The van der Waals surface area contributed by atoms with E-state index < -0.39 is 0 Å². The Hall–Kier alpha value is -1.71. The molecule has 1 fully saturated rings. The molecule has 4 heteroatoms. The molecule has 0 aliphatic carbocycles. The molecule has 4 nitrogen and oxygen atoms in total. The molecule has 18 heavy (non-hydrogen) atoms. The Morgan fingerprint density at radius 1 is 1.56 bits per heavy atom. The minimum absolute atomic E-state index is 0.0643. The Morgan fingerprint density at radius 2 is 2.33 bits per heavy atom. The van der Waals surface area contributed by atoms with Gasteiger partial charge in [-0.2, -0.15) is 0 Å². The Morgan fingerprint density at radius 3 is 2.89 bits per heavy atom. The third-order valence-electron chi connectivity index (χ3n) is 3.39. The lowest BCUT2D eigenvalue weighted by Crippen LogP contribution is -2.24. The molecule has 0 aromatic heterocycles. The minimum Gasteiger partial charge on any atom is -0.397 e. The first-order valence-corrected chi connectivity index (χ1v) is 6.54. The van der Waals surface area contributed by atoms with Crippen molar-refractivity contribution in [2.45, 2.75) is 20.3 Å². The van der Waals surface area contributed by atoms with Crippen molar-refractivity contribution < 1.29 is 4.79 Å². The first kappa shape index (κ1) is 12.7. The van der Waals surface area contributed by atoms with Crippen LogP contribution in [0.2, 0.25) is 0 Å². The maximum absolute atomic E-state index is 11.7. The van der Waals surface area contributed by atoms with Crippen molar-refractivity contribution in [2.75, 3.05) is 30.3 Å². The summed E-state index contributed by atoms with van der Waals surface area (Å²) in [5, 5.41) is 2.78. The summed E-state index contributed by atoms with van der Waals surface area (Å²) in [6.45, 7) is 6.88. The first-order valence-electron chi connectivity index (χ1n) is 6.54. The molecular weight excluding hydrogens is 226 g/mol. The van der Waals surface area contributed by atoms with Crippen molar-refractivity contribution in [2.24, 2.45) is 5.92 Å². The van der Waals surface area contributed by atoms with E-state index in [9.17, 15) is 4.79 Å². The van der Waals surface area contributed by atoms with Crippen LogP contribution in [-0.4, -0.2) is 25.5 Å². The van der Waals surface area contributed by atoms with E-state index in [1.165, 1.54) is 6.42 Å². The number of rotatable bonds is 3. The smallest absolute Gasteiger partial charge is 0.251 e. The minimum atomic E-state index is -0.0643. The molecule has 0 radical (unpaired) electrons. The van der Waals surface area contributed by atoms with Crippen LogP contribution >= 0.6 is 0 Å². The second-order valence-electron chi connectivity index (χ2n) is 4.97. The summed E-state index contributed by atoms with van der Waals surface area (Å²) in [6.07, 6.45) is 1.21. The summed E-state index contributed by atoms with van der Waals surface area (Å²) in [4.78, 5) is 14.0. The number of anilines is 2. The predicted molar refractivity (Wildman–Crippen MR) is 74.9 cm³/mol. The summed E-state index contributed by atoms with van der Waals surface area (Å²) in [7, 11) is 0. The molecule has 2 rings (SSSR count). The van der Waals surface area contributed by atoms with Gasteiger partial charge in [-0.05, 0) is 37.5 Å². The highest BCUT2D eigenvalue weighted by Gasteiger charge is 2.20. The van der Waals surface area contributed by atoms with E-state index in [1.807, 2.05) is 19.1 Å². The van der Waals surface area contributed by atoms with Crippen molar-refractivity contribution in [1.82, 2.24) is 5.32 Å². The summed E-state index contributed by atoms with van der Waals surface area (Å²) < 4.78 is 0. The molecule has 1 saturated heterocycles. The number of hydrogen-bond donors (Lipinski definition) is 2. The van der Waals surface area contributed by atoms with E-state index in [4.69, 9.17) is 5.73 Å². The molecule has 98 valence electrons. The van der Waals surface area contributed by atoms with Crippen LogP contribution in [0.1, 0.15) is 30.6 Å². The zero-order chi connectivity index (χ0) is 13.1. The topological polar surface area (TPSA) is 58.4 Å². The van der Waals surface area contributed by atoms with Crippen LogP contribution < -0.4 is 16.0 Å². The van der Waals surface area contributed by atoms with Gasteiger partial charge >= 0.3 is 0 Å². The molecule has 1 atom stereocenters. The van der Waals surface area contributed by atoms with Crippen molar-refractivity contribution in [1.29, 1.82) is 0 Å².